The Hall–Kier alpha value is -2.26. The van der Waals surface area contributed by atoms with E-state index in [4.69, 9.17) is 9.47 Å². The second-order valence-electron chi connectivity index (χ2n) is 10.1. The fourth-order valence-corrected chi connectivity index (χ4v) is 5.81. The highest BCUT2D eigenvalue weighted by Gasteiger charge is 2.29. The molecule has 0 spiro atoms. The van der Waals surface area contributed by atoms with Crippen LogP contribution < -0.4 is 20.1 Å². The van der Waals surface area contributed by atoms with Crippen LogP contribution in [0.4, 0.5) is 5.69 Å². The van der Waals surface area contributed by atoms with E-state index in [1.165, 1.54) is 17.7 Å². The first kappa shape index (κ1) is 27.8. The first-order valence-electron chi connectivity index (χ1n) is 13.5. The summed E-state index contributed by atoms with van der Waals surface area (Å²) in [7, 11) is 0. The number of hydrogen-bond donors (Lipinski definition) is 3. The van der Waals surface area contributed by atoms with Gasteiger partial charge in [0.05, 0.1) is 6.54 Å². The molecule has 0 saturated carbocycles. The third-order valence-corrected chi connectivity index (χ3v) is 8.19. The maximum atomic E-state index is 12.6. The lowest BCUT2D eigenvalue weighted by Crippen LogP contribution is -2.50. The van der Waals surface area contributed by atoms with Crippen molar-refractivity contribution in [3.05, 3.63) is 47.5 Å². The van der Waals surface area contributed by atoms with E-state index in [1.807, 2.05) is 55.9 Å². The molecule has 7 nitrogen and oxygen atoms in total. The van der Waals surface area contributed by atoms with Crippen LogP contribution >= 0.6 is 11.8 Å². The Balaban J connectivity index is 1.16. The number of nitrogens with zero attached hydrogens (tertiary/aromatic N) is 1. The number of nitrogens with one attached hydrogen (secondary N) is 2. The minimum absolute atomic E-state index is 0.0284. The van der Waals surface area contributed by atoms with Crippen LogP contribution in [0.5, 0.6) is 11.5 Å². The summed E-state index contributed by atoms with van der Waals surface area (Å²) in [6.45, 7) is 9.12. The van der Waals surface area contributed by atoms with Crippen molar-refractivity contribution in [1.29, 1.82) is 0 Å². The zero-order valence-electron chi connectivity index (χ0n) is 22.3. The number of aliphatic hydroxyl groups is 1. The maximum Gasteiger partial charge on any atom is 0.238 e. The van der Waals surface area contributed by atoms with Crippen LogP contribution in [-0.2, 0) is 4.79 Å². The van der Waals surface area contributed by atoms with Crippen molar-refractivity contribution in [1.82, 2.24) is 10.2 Å². The van der Waals surface area contributed by atoms with Gasteiger partial charge in [-0.1, -0.05) is 31.5 Å². The molecule has 2 heterocycles. The number of ether oxygens (including phenoxy) is 2. The van der Waals surface area contributed by atoms with E-state index in [9.17, 15) is 9.90 Å². The summed E-state index contributed by atoms with van der Waals surface area (Å²) in [6.07, 6.45) is 3.21. The number of thioether (sulfide) groups is 1. The molecule has 3 N–H and O–H groups in total. The fourth-order valence-electron chi connectivity index (χ4n) is 4.79. The van der Waals surface area contributed by atoms with E-state index in [0.29, 0.717) is 31.5 Å². The Kier molecular flexibility index (Phi) is 10.1. The van der Waals surface area contributed by atoms with E-state index in [2.05, 4.69) is 28.5 Å². The van der Waals surface area contributed by atoms with Crippen LogP contribution in [-0.4, -0.2) is 72.7 Å². The minimum Gasteiger partial charge on any atom is -0.486 e. The highest BCUT2D eigenvalue weighted by atomic mass is 32.2. The molecular formula is C29H41N3O4S. The molecule has 2 aromatic rings. The Morgan fingerprint density at radius 3 is 2.65 bits per heavy atom. The second-order valence-corrected chi connectivity index (χ2v) is 11.3. The number of para-hydroxylation sites is 1. The summed E-state index contributed by atoms with van der Waals surface area (Å²) in [5.74, 6) is 2.58. The van der Waals surface area contributed by atoms with Crippen LogP contribution in [0.1, 0.15) is 43.7 Å². The van der Waals surface area contributed by atoms with Crippen molar-refractivity contribution >= 4 is 23.4 Å². The number of benzene rings is 2. The van der Waals surface area contributed by atoms with Gasteiger partial charge in [-0.2, -0.15) is 0 Å². The molecule has 0 radical (unpaired) electrons. The zero-order valence-corrected chi connectivity index (χ0v) is 23.1. The van der Waals surface area contributed by atoms with Gasteiger partial charge in [0, 0.05) is 36.3 Å². The largest absolute Gasteiger partial charge is 0.486 e. The first-order chi connectivity index (χ1) is 17.9. The van der Waals surface area contributed by atoms with Gasteiger partial charge >= 0.3 is 0 Å². The van der Waals surface area contributed by atoms with Crippen LogP contribution in [0.2, 0.25) is 0 Å². The van der Waals surface area contributed by atoms with Gasteiger partial charge in [-0.3, -0.25) is 9.69 Å². The lowest BCUT2D eigenvalue weighted by atomic mass is 10.0. The number of piperidine rings is 1. The Labute approximate surface area is 225 Å². The molecule has 1 amide bonds. The standard InChI is InChI=1S/C29H41N3O4S/c1-4-5-15-37-23-9-10-25-26(16-23)35-19-27(36-25)24(33)17-30-22-11-13-32(14-12-22)18-28(34)31-29-20(2)7-6-8-21(29)3/h6-10,16,22,24,27,30,33H,4-5,11-15,17-19H2,1-3H3,(H,31,34). The highest BCUT2D eigenvalue weighted by molar-refractivity contribution is 7.99. The normalized spacial score (nSPS) is 19.0. The average Bonchev–Trinajstić information content (AvgIpc) is 2.90. The molecular weight excluding hydrogens is 486 g/mol. The molecule has 2 atom stereocenters. The number of carbonyl (C=O) groups excluding carboxylic acids is 1. The van der Waals surface area contributed by atoms with E-state index in [0.717, 1.165) is 54.2 Å². The molecule has 37 heavy (non-hydrogen) atoms. The molecule has 0 bridgehead atoms. The van der Waals surface area contributed by atoms with E-state index in [-0.39, 0.29) is 5.91 Å². The van der Waals surface area contributed by atoms with Gasteiger partial charge in [-0.05, 0) is 68.2 Å². The molecule has 2 aliphatic rings. The third kappa shape index (κ3) is 7.87. The minimum atomic E-state index is -0.659. The second kappa shape index (κ2) is 13.5. The fraction of sp³-hybridized carbons (Fsp3) is 0.552. The van der Waals surface area contributed by atoms with Gasteiger partial charge in [0.1, 0.15) is 12.7 Å². The number of rotatable bonds is 11. The molecule has 4 rings (SSSR count). The number of hydrogen-bond acceptors (Lipinski definition) is 7. The van der Waals surface area contributed by atoms with Gasteiger partial charge in [-0.25, -0.2) is 0 Å². The van der Waals surface area contributed by atoms with Crippen molar-refractivity contribution in [3.63, 3.8) is 0 Å². The number of likely N-dealkylation sites (tertiary alicyclic amines) is 1. The molecule has 2 aliphatic heterocycles. The predicted molar refractivity (Wildman–Crippen MR) is 150 cm³/mol. The monoisotopic (exact) mass is 527 g/mol. The number of anilines is 1. The number of aliphatic hydroxyl groups excluding tert-OH is 1. The number of unbranched alkanes of at least 4 members (excludes halogenated alkanes) is 1. The SMILES string of the molecule is CCCCSc1ccc2c(c1)OCC(C(O)CNC1CCN(CC(=O)Nc3c(C)cccc3C)CC1)O2. The van der Waals surface area contributed by atoms with E-state index >= 15 is 0 Å². The molecule has 1 fully saturated rings. The van der Waals surface area contributed by atoms with Crippen molar-refractivity contribution in [2.75, 3.05) is 43.9 Å². The summed E-state index contributed by atoms with van der Waals surface area (Å²) in [4.78, 5) is 16.0. The number of aryl methyl sites for hydroxylation is 2. The quantitative estimate of drug-likeness (QED) is 0.295. The summed E-state index contributed by atoms with van der Waals surface area (Å²) < 4.78 is 12.0. The zero-order chi connectivity index (χ0) is 26.2. The van der Waals surface area contributed by atoms with Crippen molar-refractivity contribution < 1.29 is 19.4 Å². The van der Waals surface area contributed by atoms with E-state index in [1.54, 1.807) is 0 Å². The van der Waals surface area contributed by atoms with Crippen molar-refractivity contribution in [2.24, 2.45) is 0 Å². The van der Waals surface area contributed by atoms with Gasteiger partial charge in [0.2, 0.25) is 5.91 Å². The Morgan fingerprint density at radius 1 is 1.16 bits per heavy atom. The van der Waals surface area contributed by atoms with Gasteiger partial charge in [0.15, 0.2) is 17.6 Å². The molecule has 0 aliphatic carbocycles. The molecule has 2 aromatic carbocycles. The van der Waals surface area contributed by atoms with Crippen LogP contribution in [0.15, 0.2) is 41.3 Å². The summed E-state index contributed by atoms with van der Waals surface area (Å²) in [6, 6.07) is 12.4. The lowest BCUT2D eigenvalue weighted by molar-refractivity contribution is -0.117. The van der Waals surface area contributed by atoms with E-state index < -0.39 is 12.2 Å². The average molecular weight is 528 g/mol. The van der Waals surface area contributed by atoms with Crippen molar-refractivity contribution in [3.8, 4) is 11.5 Å². The predicted octanol–water partition coefficient (Wildman–Crippen LogP) is 4.39. The topological polar surface area (TPSA) is 83.1 Å². The summed E-state index contributed by atoms with van der Waals surface area (Å²) >= 11 is 1.83. The first-order valence-corrected chi connectivity index (χ1v) is 14.5. The van der Waals surface area contributed by atoms with Crippen LogP contribution in [0, 0.1) is 13.8 Å². The van der Waals surface area contributed by atoms with Crippen molar-refractivity contribution in [2.45, 2.75) is 69.6 Å². The number of carbonyl (C=O) groups is 1. The van der Waals surface area contributed by atoms with Gasteiger partial charge in [-0.15, -0.1) is 11.8 Å². The molecule has 2 unspecified atom stereocenters. The molecule has 8 heteroatoms. The maximum absolute atomic E-state index is 12.6. The molecule has 202 valence electrons. The van der Waals surface area contributed by atoms with Crippen LogP contribution in [0.25, 0.3) is 0 Å². The lowest BCUT2D eigenvalue weighted by Gasteiger charge is -2.34. The summed E-state index contributed by atoms with van der Waals surface area (Å²) in [5.41, 5.74) is 3.08. The number of amides is 1. The highest BCUT2D eigenvalue weighted by Crippen LogP contribution is 2.36. The third-order valence-electron chi connectivity index (χ3n) is 7.11. The number of fused-ring (bicyclic) bond motifs is 1. The Morgan fingerprint density at radius 2 is 1.92 bits per heavy atom. The van der Waals surface area contributed by atoms with Crippen LogP contribution in [0.3, 0.4) is 0 Å². The van der Waals surface area contributed by atoms with Gasteiger partial charge < -0.3 is 25.2 Å². The van der Waals surface area contributed by atoms with Gasteiger partial charge in [0.25, 0.3) is 0 Å². The molecule has 1 saturated heterocycles. The summed E-state index contributed by atoms with van der Waals surface area (Å²) in [5, 5.41) is 17.3. The smallest absolute Gasteiger partial charge is 0.238 e. The molecule has 0 aromatic heterocycles. The Bertz CT molecular complexity index is 1020.